The topological polar surface area (TPSA) is 81.1 Å². The molecule has 158 valence electrons. The SMILES string of the molecule is Fc1cccc(-c2noc(C3CCCN(Cc4nnc(-c5ccccc5Cl)o4)C3)n2)c1. The number of aromatic nitrogens is 4. The number of benzene rings is 2. The Bertz CT molecular complexity index is 1190. The minimum absolute atomic E-state index is 0.0921. The number of halogens is 2. The lowest BCUT2D eigenvalue weighted by Gasteiger charge is -2.29. The predicted molar refractivity (Wildman–Crippen MR) is 112 cm³/mol. The molecular formula is C22H19ClFN5O2. The maximum absolute atomic E-state index is 13.5. The summed E-state index contributed by atoms with van der Waals surface area (Å²) in [7, 11) is 0. The molecule has 0 radical (unpaired) electrons. The van der Waals surface area contributed by atoms with Crippen LogP contribution >= 0.6 is 11.6 Å². The maximum Gasteiger partial charge on any atom is 0.249 e. The van der Waals surface area contributed by atoms with E-state index in [2.05, 4.69) is 25.2 Å². The summed E-state index contributed by atoms with van der Waals surface area (Å²) in [6.07, 6.45) is 1.92. The Kier molecular flexibility index (Phi) is 5.48. The normalized spacial score (nSPS) is 17.2. The third-order valence-corrected chi connectivity index (χ3v) is 5.64. The van der Waals surface area contributed by atoms with Crippen molar-refractivity contribution < 1.29 is 13.3 Å². The van der Waals surface area contributed by atoms with E-state index in [0.29, 0.717) is 40.6 Å². The summed E-state index contributed by atoms with van der Waals surface area (Å²) in [5.74, 6) is 1.66. The molecule has 9 heteroatoms. The molecule has 4 aromatic rings. The van der Waals surface area contributed by atoms with Gasteiger partial charge in [-0.3, -0.25) is 4.90 Å². The van der Waals surface area contributed by atoms with Crippen molar-refractivity contribution in [3.8, 4) is 22.8 Å². The fraction of sp³-hybridized carbons (Fsp3) is 0.273. The van der Waals surface area contributed by atoms with Gasteiger partial charge in [0.2, 0.25) is 23.5 Å². The quantitative estimate of drug-likeness (QED) is 0.434. The van der Waals surface area contributed by atoms with Crippen LogP contribution in [-0.2, 0) is 6.54 Å². The molecule has 3 heterocycles. The molecule has 2 aromatic carbocycles. The van der Waals surface area contributed by atoms with Gasteiger partial charge in [-0.1, -0.05) is 41.0 Å². The minimum atomic E-state index is -0.330. The average molecular weight is 440 g/mol. The van der Waals surface area contributed by atoms with Crippen molar-refractivity contribution in [2.75, 3.05) is 13.1 Å². The molecule has 1 unspecified atom stereocenters. The van der Waals surface area contributed by atoms with Gasteiger partial charge in [-0.2, -0.15) is 4.98 Å². The third kappa shape index (κ3) is 4.35. The van der Waals surface area contributed by atoms with Crippen molar-refractivity contribution in [2.24, 2.45) is 0 Å². The van der Waals surface area contributed by atoms with Crippen molar-refractivity contribution in [3.63, 3.8) is 0 Å². The van der Waals surface area contributed by atoms with E-state index in [1.807, 2.05) is 18.2 Å². The lowest BCUT2D eigenvalue weighted by atomic mass is 9.98. The molecule has 0 saturated carbocycles. The van der Waals surface area contributed by atoms with Gasteiger partial charge in [-0.05, 0) is 43.7 Å². The van der Waals surface area contributed by atoms with Crippen LogP contribution in [0.15, 0.2) is 57.5 Å². The van der Waals surface area contributed by atoms with Crippen LogP contribution in [0, 0.1) is 5.82 Å². The van der Waals surface area contributed by atoms with Gasteiger partial charge in [-0.15, -0.1) is 10.2 Å². The van der Waals surface area contributed by atoms with Crippen molar-refractivity contribution in [1.29, 1.82) is 0 Å². The maximum atomic E-state index is 13.5. The first-order chi connectivity index (χ1) is 15.2. The second-order valence-corrected chi connectivity index (χ2v) is 7.93. The van der Waals surface area contributed by atoms with E-state index in [0.717, 1.165) is 31.5 Å². The second-order valence-electron chi connectivity index (χ2n) is 7.52. The van der Waals surface area contributed by atoms with Gasteiger partial charge in [-0.25, -0.2) is 4.39 Å². The highest BCUT2D eigenvalue weighted by atomic mass is 35.5. The number of piperidine rings is 1. The molecule has 1 aliphatic rings. The molecule has 1 fully saturated rings. The van der Waals surface area contributed by atoms with Gasteiger partial charge in [0.25, 0.3) is 0 Å². The summed E-state index contributed by atoms with van der Waals surface area (Å²) in [6, 6.07) is 13.5. The molecule has 0 spiro atoms. The summed E-state index contributed by atoms with van der Waals surface area (Å²) in [5.41, 5.74) is 1.32. The van der Waals surface area contributed by atoms with Gasteiger partial charge >= 0.3 is 0 Å². The average Bonchev–Trinajstić information content (AvgIpc) is 3.45. The first-order valence-electron chi connectivity index (χ1n) is 10.0. The first-order valence-corrected chi connectivity index (χ1v) is 10.4. The van der Waals surface area contributed by atoms with E-state index in [1.54, 1.807) is 18.2 Å². The van der Waals surface area contributed by atoms with Gasteiger partial charge in [0.05, 0.1) is 23.0 Å². The number of hydrogen-bond acceptors (Lipinski definition) is 7. The van der Waals surface area contributed by atoms with E-state index in [1.165, 1.54) is 12.1 Å². The third-order valence-electron chi connectivity index (χ3n) is 5.31. The van der Waals surface area contributed by atoms with Gasteiger partial charge < -0.3 is 8.94 Å². The van der Waals surface area contributed by atoms with E-state index >= 15 is 0 Å². The van der Waals surface area contributed by atoms with E-state index < -0.39 is 0 Å². The molecule has 0 bridgehead atoms. The van der Waals surface area contributed by atoms with Crippen LogP contribution in [0.25, 0.3) is 22.8 Å². The zero-order valence-corrected chi connectivity index (χ0v) is 17.3. The molecule has 1 atom stereocenters. The Morgan fingerprint density at radius 2 is 2.03 bits per heavy atom. The van der Waals surface area contributed by atoms with Crippen LogP contribution in [0.2, 0.25) is 5.02 Å². The van der Waals surface area contributed by atoms with Crippen LogP contribution in [0.3, 0.4) is 0 Å². The molecule has 0 amide bonds. The fourth-order valence-corrected chi connectivity index (χ4v) is 4.02. The highest BCUT2D eigenvalue weighted by molar-refractivity contribution is 6.33. The molecule has 31 heavy (non-hydrogen) atoms. The van der Waals surface area contributed by atoms with Crippen molar-refractivity contribution in [3.05, 3.63) is 71.2 Å². The zero-order valence-electron chi connectivity index (χ0n) is 16.5. The van der Waals surface area contributed by atoms with Crippen molar-refractivity contribution in [1.82, 2.24) is 25.2 Å². The molecule has 5 rings (SSSR count). The van der Waals surface area contributed by atoms with Crippen molar-refractivity contribution in [2.45, 2.75) is 25.3 Å². The Hall–Kier alpha value is -3.10. The second kappa shape index (κ2) is 8.56. The summed E-state index contributed by atoms with van der Waals surface area (Å²) in [5, 5.41) is 12.9. The molecule has 0 N–H and O–H groups in total. The molecule has 0 aliphatic carbocycles. The fourth-order valence-electron chi connectivity index (χ4n) is 3.80. The minimum Gasteiger partial charge on any atom is -0.419 e. The molecule has 7 nitrogen and oxygen atoms in total. The number of hydrogen-bond donors (Lipinski definition) is 0. The Balaban J connectivity index is 1.27. The van der Waals surface area contributed by atoms with Crippen molar-refractivity contribution >= 4 is 11.6 Å². The molecule has 2 aromatic heterocycles. The highest BCUT2D eigenvalue weighted by Crippen LogP contribution is 2.30. The largest absolute Gasteiger partial charge is 0.419 e. The van der Waals surface area contributed by atoms with Crippen LogP contribution in [-0.4, -0.2) is 38.3 Å². The van der Waals surface area contributed by atoms with E-state index in [-0.39, 0.29) is 11.7 Å². The summed E-state index contributed by atoms with van der Waals surface area (Å²) in [6.45, 7) is 2.17. The standard InChI is InChI=1S/C22H19ClFN5O2/c23-18-9-2-1-8-17(18)22-27-26-19(30-22)13-29-10-4-6-15(12-29)21-25-20(28-31-21)14-5-3-7-16(24)11-14/h1-3,5,7-9,11,15H,4,6,10,12-13H2. The summed E-state index contributed by atoms with van der Waals surface area (Å²) < 4.78 is 24.8. The Morgan fingerprint density at radius 3 is 2.90 bits per heavy atom. The molecule has 1 saturated heterocycles. The van der Waals surface area contributed by atoms with Crippen LogP contribution in [0.1, 0.15) is 30.5 Å². The number of rotatable bonds is 5. The first kappa shape index (κ1) is 19.8. The van der Waals surface area contributed by atoms with E-state index in [9.17, 15) is 4.39 Å². The Labute approximate surface area is 182 Å². The highest BCUT2D eigenvalue weighted by Gasteiger charge is 2.27. The van der Waals surface area contributed by atoms with Gasteiger partial charge in [0.15, 0.2) is 0 Å². The zero-order chi connectivity index (χ0) is 21.2. The summed E-state index contributed by atoms with van der Waals surface area (Å²) in [4.78, 5) is 6.73. The monoisotopic (exact) mass is 439 g/mol. The van der Waals surface area contributed by atoms with E-state index in [4.69, 9.17) is 20.5 Å². The van der Waals surface area contributed by atoms with Gasteiger partial charge in [0.1, 0.15) is 5.82 Å². The summed E-state index contributed by atoms with van der Waals surface area (Å²) >= 11 is 6.22. The van der Waals surface area contributed by atoms with Crippen LogP contribution < -0.4 is 0 Å². The lowest BCUT2D eigenvalue weighted by Crippen LogP contribution is -2.34. The smallest absolute Gasteiger partial charge is 0.249 e. The lowest BCUT2D eigenvalue weighted by molar-refractivity contribution is 0.167. The van der Waals surface area contributed by atoms with Gasteiger partial charge in [0, 0.05) is 12.1 Å². The van der Waals surface area contributed by atoms with Crippen LogP contribution in [0.4, 0.5) is 4.39 Å². The van der Waals surface area contributed by atoms with Crippen LogP contribution in [0.5, 0.6) is 0 Å². The molecular weight excluding hydrogens is 421 g/mol. The Morgan fingerprint density at radius 1 is 1.13 bits per heavy atom. The molecule has 1 aliphatic heterocycles. The number of likely N-dealkylation sites (tertiary alicyclic amines) is 1. The number of nitrogens with zero attached hydrogens (tertiary/aromatic N) is 5. The predicted octanol–water partition coefficient (Wildman–Crippen LogP) is 4.96.